The van der Waals surface area contributed by atoms with E-state index in [2.05, 4.69) is 29.6 Å². The maximum atomic E-state index is 12.6. The molecule has 1 atom stereocenters. The van der Waals surface area contributed by atoms with Crippen molar-refractivity contribution < 1.29 is 18.5 Å². The molecule has 1 unspecified atom stereocenters. The largest absolute Gasteiger partial charge is 0.326 e. The zero-order valence-corrected chi connectivity index (χ0v) is 15.7. The van der Waals surface area contributed by atoms with Crippen LogP contribution in [0.3, 0.4) is 0 Å². The summed E-state index contributed by atoms with van der Waals surface area (Å²) >= 11 is 2.12. The molecule has 0 heterocycles. The molecule has 0 aliphatic heterocycles. The van der Waals surface area contributed by atoms with E-state index in [1.54, 1.807) is 36.0 Å². The number of halogens is 2. The number of amides is 1. The highest BCUT2D eigenvalue weighted by atomic mass is 32.2. The van der Waals surface area contributed by atoms with Gasteiger partial charge in [-0.3, -0.25) is 4.79 Å². The van der Waals surface area contributed by atoms with Gasteiger partial charge in [0.1, 0.15) is 6.54 Å². The summed E-state index contributed by atoms with van der Waals surface area (Å²) in [6, 6.07) is 14.8. The van der Waals surface area contributed by atoms with Crippen LogP contribution in [0.15, 0.2) is 58.3 Å². The first kappa shape index (κ1) is 19.8. The fourth-order valence-corrected chi connectivity index (χ4v) is 3.39. The van der Waals surface area contributed by atoms with Crippen LogP contribution in [-0.2, 0) is 11.3 Å². The van der Waals surface area contributed by atoms with E-state index < -0.39 is 5.76 Å². The Morgan fingerprint density at radius 3 is 2.48 bits per heavy atom. The van der Waals surface area contributed by atoms with E-state index in [4.69, 9.17) is 0 Å². The lowest BCUT2D eigenvalue weighted by atomic mass is 10.2. The van der Waals surface area contributed by atoms with Crippen LogP contribution in [0, 0.1) is 0 Å². The minimum absolute atomic E-state index is 0.194. The summed E-state index contributed by atoms with van der Waals surface area (Å²) in [5, 5.41) is 2.73. The van der Waals surface area contributed by atoms with Gasteiger partial charge in [0.2, 0.25) is 0 Å². The number of hydrogen-bond acceptors (Lipinski definition) is 3. The first-order valence-corrected chi connectivity index (χ1v) is 9.86. The Morgan fingerprint density at radius 1 is 1.16 bits per heavy atom. The monoisotopic (exact) mass is 383 g/mol. The number of quaternary nitrogens is 1. The number of hydrogen-bond donors (Lipinski definition) is 2. The number of carbonyl (C=O) groups is 1. The summed E-state index contributed by atoms with van der Waals surface area (Å²) in [6.45, 7) is 0.980. The summed E-state index contributed by atoms with van der Waals surface area (Å²) in [5.41, 5.74) is 1.58. The van der Waals surface area contributed by atoms with Gasteiger partial charge in [0.15, 0.2) is 6.54 Å². The molecule has 2 aromatic carbocycles. The Kier molecular flexibility index (Phi) is 7.74. The molecule has 0 aliphatic rings. The number of nitrogens with one attached hydrogen (secondary N) is 2. The number of likely N-dealkylation sites (N-methyl/N-ethyl adjacent to an activating group) is 1. The second-order valence-electron chi connectivity index (χ2n) is 5.58. The zero-order valence-electron chi connectivity index (χ0n) is 14.1. The van der Waals surface area contributed by atoms with Crippen LogP contribution in [0.25, 0.3) is 0 Å². The Balaban J connectivity index is 1.91. The summed E-state index contributed by atoms with van der Waals surface area (Å²) in [5.74, 6) is -2.71. The minimum atomic E-state index is -2.52. The lowest BCUT2D eigenvalue weighted by molar-refractivity contribution is -0.885. The third kappa shape index (κ3) is 6.68. The molecule has 0 spiro atoms. The maximum Gasteiger partial charge on any atom is 0.288 e. The van der Waals surface area contributed by atoms with Crippen molar-refractivity contribution in [3.05, 3.63) is 54.1 Å². The molecule has 0 fully saturated rings. The van der Waals surface area contributed by atoms with E-state index in [9.17, 15) is 13.6 Å². The molecule has 0 saturated heterocycles. The summed E-state index contributed by atoms with van der Waals surface area (Å²) in [7, 11) is 1.93. The molecular formula is C18H21F2N2OS2+. The molecule has 2 rings (SSSR count). The molecule has 2 N–H and O–H groups in total. The number of carbonyl (C=O) groups excluding carboxylic acids is 1. The summed E-state index contributed by atoms with van der Waals surface area (Å²) in [6.07, 6.45) is 2.03. The quantitative estimate of drug-likeness (QED) is 0.686. The SMILES string of the molecule is CSc1ccc(C[NH+](C)CC(=O)Nc2ccccc2SC(F)F)cc1. The molecule has 2 aromatic rings. The molecule has 7 heteroatoms. The van der Waals surface area contributed by atoms with Crippen molar-refractivity contribution in [3.63, 3.8) is 0 Å². The maximum absolute atomic E-state index is 12.6. The summed E-state index contributed by atoms with van der Waals surface area (Å²) in [4.78, 5) is 14.8. The highest BCUT2D eigenvalue weighted by Gasteiger charge is 2.14. The van der Waals surface area contributed by atoms with Crippen LogP contribution in [0.5, 0.6) is 0 Å². The summed E-state index contributed by atoms with van der Waals surface area (Å²) < 4.78 is 25.2. The lowest BCUT2D eigenvalue weighted by Gasteiger charge is -2.15. The molecule has 0 aromatic heterocycles. The number of anilines is 1. The van der Waals surface area contributed by atoms with Crippen LogP contribution in [-0.4, -0.2) is 31.5 Å². The first-order chi connectivity index (χ1) is 12.0. The van der Waals surface area contributed by atoms with Gasteiger partial charge in [0.25, 0.3) is 11.7 Å². The zero-order chi connectivity index (χ0) is 18.2. The van der Waals surface area contributed by atoms with Crippen LogP contribution < -0.4 is 10.2 Å². The smallest absolute Gasteiger partial charge is 0.288 e. The van der Waals surface area contributed by atoms with E-state index in [0.717, 1.165) is 17.0 Å². The molecule has 0 bridgehead atoms. The van der Waals surface area contributed by atoms with Crippen molar-refractivity contribution in [2.24, 2.45) is 0 Å². The number of benzene rings is 2. The number of para-hydroxylation sites is 1. The predicted octanol–water partition coefficient (Wildman–Crippen LogP) is 3.38. The Labute approximate surface area is 155 Å². The van der Waals surface area contributed by atoms with Gasteiger partial charge in [-0.25, -0.2) is 0 Å². The second kappa shape index (κ2) is 9.79. The van der Waals surface area contributed by atoms with Gasteiger partial charge >= 0.3 is 0 Å². The Hall–Kier alpha value is -1.57. The average Bonchev–Trinajstić information content (AvgIpc) is 2.56. The van der Waals surface area contributed by atoms with Crippen molar-refractivity contribution >= 4 is 35.1 Å². The van der Waals surface area contributed by atoms with E-state index in [1.165, 1.54) is 4.90 Å². The van der Waals surface area contributed by atoms with Crippen LogP contribution >= 0.6 is 23.5 Å². The average molecular weight is 384 g/mol. The van der Waals surface area contributed by atoms with E-state index in [-0.39, 0.29) is 12.5 Å². The molecule has 0 aliphatic carbocycles. The minimum Gasteiger partial charge on any atom is -0.326 e. The molecule has 0 radical (unpaired) electrons. The van der Waals surface area contributed by atoms with E-state index >= 15 is 0 Å². The van der Waals surface area contributed by atoms with Crippen molar-refractivity contribution in [2.75, 3.05) is 25.2 Å². The fraction of sp³-hybridized carbons (Fsp3) is 0.278. The van der Waals surface area contributed by atoms with Gasteiger partial charge < -0.3 is 10.2 Å². The molecule has 0 saturated carbocycles. The molecule has 1 amide bonds. The second-order valence-corrected chi connectivity index (χ2v) is 7.49. The Morgan fingerprint density at radius 2 is 1.84 bits per heavy atom. The van der Waals surface area contributed by atoms with Crippen molar-refractivity contribution in [1.82, 2.24) is 0 Å². The van der Waals surface area contributed by atoms with E-state index in [0.29, 0.717) is 22.3 Å². The molecule has 25 heavy (non-hydrogen) atoms. The lowest BCUT2D eigenvalue weighted by Crippen LogP contribution is -3.08. The highest BCUT2D eigenvalue weighted by Crippen LogP contribution is 2.31. The van der Waals surface area contributed by atoms with Crippen molar-refractivity contribution in [2.45, 2.75) is 22.1 Å². The van der Waals surface area contributed by atoms with Crippen LogP contribution in [0.1, 0.15) is 5.56 Å². The molecular weight excluding hydrogens is 362 g/mol. The Bertz CT molecular complexity index is 696. The van der Waals surface area contributed by atoms with Crippen LogP contribution in [0.4, 0.5) is 14.5 Å². The van der Waals surface area contributed by atoms with Crippen molar-refractivity contribution in [1.29, 1.82) is 0 Å². The standard InChI is InChI=1S/C18H20F2N2OS2/c1-22(11-13-7-9-14(24-2)10-8-13)12-17(23)21-15-5-3-4-6-16(15)25-18(19)20/h3-10,18H,11-12H2,1-2H3,(H,21,23)/p+1. The number of alkyl halides is 2. The highest BCUT2D eigenvalue weighted by molar-refractivity contribution is 7.99. The predicted molar refractivity (Wildman–Crippen MR) is 101 cm³/mol. The third-order valence-corrected chi connectivity index (χ3v) is 5.04. The van der Waals surface area contributed by atoms with Crippen molar-refractivity contribution in [3.8, 4) is 0 Å². The first-order valence-electron chi connectivity index (χ1n) is 7.76. The third-order valence-electron chi connectivity index (χ3n) is 3.50. The van der Waals surface area contributed by atoms with Crippen LogP contribution in [0.2, 0.25) is 0 Å². The van der Waals surface area contributed by atoms with Gasteiger partial charge in [-0.05, 0) is 30.5 Å². The molecule has 3 nitrogen and oxygen atoms in total. The normalized spacial score (nSPS) is 12.2. The van der Waals surface area contributed by atoms with Gasteiger partial charge in [-0.2, -0.15) is 8.78 Å². The fourth-order valence-electron chi connectivity index (χ4n) is 2.39. The van der Waals surface area contributed by atoms with Gasteiger partial charge in [-0.1, -0.05) is 36.0 Å². The topological polar surface area (TPSA) is 33.5 Å². The number of thioether (sulfide) groups is 2. The van der Waals surface area contributed by atoms with Gasteiger partial charge in [-0.15, -0.1) is 11.8 Å². The van der Waals surface area contributed by atoms with E-state index in [1.807, 2.05) is 13.3 Å². The van der Waals surface area contributed by atoms with Gasteiger partial charge in [0, 0.05) is 15.4 Å². The molecule has 134 valence electrons. The van der Waals surface area contributed by atoms with Gasteiger partial charge in [0.05, 0.1) is 12.7 Å². The number of rotatable bonds is 8.